The number of hydrogen-bond acceptors (Lipinski definition) is 5. The minimum Gasteiger partial charge on any atom is -0.497 e. The standard InChI is InChI=1S/C21H26N2O4/c1-25-19-8-9-20(26-2)17(14-19)15-22-10-12-23(13-11-22)21(24)16-27-18-6-4-3-5-7-18/h3-9,14H,10-13,15-16H2,1-2H3. The van der Waals surface area contributed by atoms with Crippen LogP contribution in [0.2, 0.25) is 0 Å². The topological polar surface area (TPSA) is 51.2 Å². The summed E-state index contributed by atoms with van der Waals surface area (Å²) in [6, 6.07) is 15.2. The zero-order chi connectivity index (χ0) is 19.1. The van der Waals surface area contributed by atoms with Gasteiger partial charge in [0, 0.05) is 38.3 Å². The number of carbonyl (C=O) groups excluding carboxylic acids is 1. The van der Waals surface area contributed by atoms with Crippen molar-refractivity contribution in [2.24, 2.45) is 0 Å². The Morgan fingerprint density at radius 1 is 0.926 bits per heavy atom. The number of ether oxygens (including phenoxy) is 3. The third-order valence-electron chi connectivity index (χ3n) is 4.71. The first kappa shape index (κ1) is 19.0. The number of rotatable bonds is 7. The largest absolute Gasteiger partial charge is 0.497 e. The number of carbonyl (C=O) groups is 1. The number of nitrogens with zero attached hydrogens (tertiary/aromatic N) is 2. The van der Waals surface area contributed by atoms with Crippen molar-refractivity contribution in [2.75, 3.05) is 47.0 Å². The lowest BCUT2D eigenvalue weighted by Gasteiger charge is -2.35. The van der Waals surface area contributed by atoms with Crippen LogP contribution in [0.4, 0.5) is 0 Å². The Hall–Kier alpha value is -2.73. The average Bonchev–Trinajstić information content (AvgIpc) is 2.73. The number of benzene rings is 2. The van der Waals surface area contributed by atoms with Crippen molar-refractivity contribution in [3.05, 3.63) is 54.1 Å². The SMILES string of the molecule is COc1ccc(OC)c(CN2CCN(C(=O)COc3ccccc3)CC2)c1. The van der Waals surface area contributed by atoms with Gasteiger partial charge in [-0.3, -0.25) is 9.69 Å². The zero-order valence-electron chi connectivity index (χ0n) is 15.9. The normalized spacial score (nSPS) is 14.7. The van der Waals surface area contributed by atoms with Gasteiger partial charge in [0.05, 0.1) is 14.2 Å². The number of amides is 1. The molecule has 0 spiro atoms. The molecule has 1 fully saturated rings. The first-order chi connectivity index (χ1) is 13.2. The molecule has 0 unspecified atom stereocenters. The Morgan fingerprint density at radius 2 is 1.67 bits per heavy atom. The van der Waals surface area contributed by atoms with E-state index in [1.54, 1.807) is 14.2 Å². The minimum absolute atomic E-state index is 0.0254. The average molecular weight is 370 g/mol. The highest BCUT2D eigenvalue weighted by molar-refractivity contribution is 5.77. The molecule has 144 valence electrons. The van der Waals surface area contributed by atoms with E-state index in [4.69, 9.17) is 14.2 Å². The first-order valence-corrected chi connectivity index (χ1v) is 9.08. The van der Waals surface area contributed by atoms with Gasteiger partial charge >= 0.3 is 0 Å². The van der Waals surface area contributed by atoms with E-state index in [-0.39, 0.29) is 12.5 Å². The van der Waals surface area contributed by atoms with Crippen LogP contribution in [0.25, 0.3) is 0 Å². The summed E-state index contributed by atoms with van der Waals surface area (Å²) in [5.74, 6) is 2.41. The molecule has 0 aliphatic carbocycles. The van der Waals surface area contributed by atoms with Crippen LogP contribution in [-0.2, 0) is 11.3 Å². The molecule has 0 bridgehead atoms. The zero-order valence-corrected chi connectivity index (χ0v) is 15.9. The van der Waals surface area contributed by atoms with Crippen molar-refractivity contribution in [3.8, 4) is 17.2 Å². The van der Waals surface area contributed by atoms with Gasteiger partial charge in [-0.25, -0.2) is 0 Å². The van der Waals surface area contributed by atoms with Crippen molar-refractivity contribution in [3.63, 3.8) is 0 Å². The summed E-state index contributed by atoms with van der Waals surface area (Å²) in [6.45, 7) is 3.87. The molecule has 1 heterocycles. The molecule has 1 amide bonds. The summed E-state index contributed by atoms with van der Waals surface area (Å²) >= 11 is 0. The van der Waals surface area contributed by atoms with Crippen molar-refractivity contribution in [1.29, 1.82) is 0 Å². The van der Waals surface area contributed by atoms with E-state index in [0.29, 0.717) is 13.1 Å². The second-order valence-electron chi connectivity index (χ2n) is 6.44. The molecule has 2 aromatic carbocycles. The summed E-state index contributed by atoms with van der Waals surface area (Å²) in [4.78, 5) is 16.5. The summed E-state index contributed by atoms with van der Waals surface area (Å²) in [5.41, 5.74) is 1.09. The van der Waals surface area contributed by atoms with Gasteiger partial charge in [0.1, 0.15) is 17.2 Å². The minimum atomic E-state index is 0.0254. The van der Waals surface area contributed by atoms with Gasteiger partial charge in [0.25, 0.3) is 5.91 Å². The lowest BCUT2D eigenvalue weighted by atomic mass is 10.1. The molecule has 0 N–H and O–H groups in total. The van der Waals surface area contributed by atoms with Gasteiger partial charge in [0.15, 0.2) is 6.61 Å². The molecule has 2 aromatic rings. The highest BCUT2D eigenvalue weighted by Crippen LogP contribution is 2.25. The van der Waals surface area contributed by atoms with Crippen LogP contribution < -0.4 is 14.2 Å². The summed E-state index contributed by atoms with van der Waals surface area (Å²) in [7, 11) is 3.34. The second-order valence-corrected chi connectivity index (χ2v) is 6.44. The lowest BCUT2D eigenvalue weighted by Crippen LogP contribution is -2.49. The smallest absolute Gasteiger partial charge is 0.260 e. The maximum absolute atomic E-state index is 12.4. The van der Waals surface area contributed by atoms with E-state index < -0.39 is 0 Å². The Balaban J connectivity index is 1.49. The van der Waals surface area contributed by atoms with E-state index in [9.17, 15) is 4.79 Å². The highest BCUT2D eigenvalue weighted by Gasteiger charge is 2.22. The molecule has 0 atom stereocenters. The molecule has 0 aromatic heterocycles. The van der Waals surface area contributed by atoms with Gasteiger partial charge in [0.2, 0.25) is 0 Å². The number of hydrogen-bond donors (Lipinski definition) is 0. The van der Waals surface area contributed by atoms with Crippen molar-refractivity contribution in [1.82, 2.24) is 9.80 Å². The monoisotopic (exact) mass is 370 g/mol. The molecular formula is C21H26N2O4. The quantitative estimate of drug-likeness (QED) is 0.749. The summed E-state index contributed by atoms with van der Waals surface area (Å²) < 4.78 is 16.3. The molecule has 1 aliphatic heterocycles. The second kappa shape index (κ2) is 9.28. The molecule has 6 nitrogen and oxygen atoms in total. The van der Waals surface area contributed by atoms with Crippen molar-refractivity contribution >= 4 is 5.91 Å². The van der Waals surface area contributed by atoms with E-state index in [1.807, 2.05) is 53.4 Å². The fraction of sp³-hybridized carbons (Fsp3) is 0.381. The maximum atomic E-state index is 12.4. The van der Waals surface area contributed by atoms with Crippen LogP contribution in [0.3, 0.4) is 0 Å². The van der Waals surface area contributed by atoms with Crippen LogP contribution in [0.1, 0.15) is 5.56 Å². The van der Waals surface area contributed by atoms with Crippen molar-refractivity contribution in [2.45, 2.75) is 6.54 Å². The summed E-state index contributed by atoms with van der Waals surface area (Å²) in [5, 5.41) is 0. The lowest BCUT2D eigenvalue weighted by molar-refractivity contribution is -0.135. The van der Waals surface area contributed by atoms with Crippen LogP contribution >= 0.6 is 0 Å². The molecule has 27 heavy (non-hydrogen) atoms. The van der Waals surface area contributed by atoms with E-state index in [0.717, 1.165) is 42.4 Å². The number of piperazine rings is 1. The molecular weight excluding hydrogens is 344 g/mol. The van der Waals surface area contributed by atoms with E-state index >= 15 is 0 Å². The third-order valence-corrected chi connectivity index (χ3v) is 4.71. The van der Waals surface area contributed by atoms with Gasteiger partial charge in [-0.2, -0.15) is 0 Å². The van der Waals surface area contributed by atoms with Crippen LogP contribution in [0.5, 0.6) is 17.2 Å². The fourth-order valence-corrected chi connectivity index (χ4v) is 3.15. The van der Waals surface area contributed by atoms with Crippen LogP contribution in [-0.4, -0.2) is 62.7 Å². The predicted octanol–water partition coefficient (Wildman–Crippen LogP) is 2.43. The van der Waals surface area contributed by atoms with Crippen LogP contribution in [0.15, 0.2) is 48.5 Å². The Morgan fingerprint density at radius 3 is 2.33 bits per heavy atom. The Bertz CT molecular complexity index is 743. The third kappa shape index (κ3) is 5.14. The molecule has 0 radical (unpaired) electrons. The molecule has 0 saturated carbocycles. The van der Waals surface area contributed by atoms with Gasteiger partial charge in [-0.05, 0) is 30.3 Å². The van der Waals surface area contributed by atoms with Gasteiger partial charge in [-0.15, -0.1) is 0 Å². The van der Waals surface area contributed by atoms with Crippen LogP contribution in [0, 0.1) is 0 Å². The molecule has 3 rings (SSSR count). The first-order valence-electron chi connectivity index (χ1n) is 9.08. The van der Waals surface area contributed by atoms with E-state index in [2.05, 4.69) is 4.90 Å². The van der Waals surface area contributed by atoms with E-state index in [1.165, 1.54) is 0 Å². The summed E-state index contributed by atoms with van der Waals surface area (Å²) in [6.07, 6.45) is 0. The highest BCUT2D eigenvalue weighted by atomic mass is 16.5. The maximum Gasteiger partial charge on any atom is 0.260 e. The molecule has 1 saturated heterocycles. The predicted molar refractivity (Wildman–Crippen MR) is 103 cm³/mol. The van der Waals surface area contributed by atoms with Gasteiger partial charge in [-0.1, -0.05) is 18.2 Å². The van der Waals surface area contributed by atoms with Crippen molar-refractivity contribution < 1.29 is 19.0 Å². The molecule has 1 aliphatic rings. The Kier molecular flexibility index (Phi) is 6.54. The van der Waals surface area contributed by atoms with Gasteiger partial charge < -0.3 is 19.1 Å². The number of methoxy groups -OCH3 is 2. The number of para-hydroxylation sites is 1. The molecule has 6 heteroatoms. The fourth-order valence-electron chi connectivity index (χ4n) is 3.15. The Labute approximate surface area is 160 Å².